The largest absolute Gasteiger partial charge is 0.381 e. The minimum Gasteiger partial charge on any atom is -0.381 e. The van der Waals surface area contributed by atoms with Gasteiger partial charge < -0.3 is 10.1 Å². The second-order valence-corrected chi connectivity index (χ2v) is 4.52. The topological polar surface area (TPSA) is 21.3 Å². The first-order valence-electron chi connectivity index (χ1n) is 5.73. The Balaban J connectivity index is 1.43. The van der Waals surface area contributed by atoms with Crippen LogP contribution in [0.4, 0.5) is 0 Å². The Bertz CT molecular complexity index is 139. The molecule has 1 aliphatic carbocycles. The SMILES string of the molecule is C1CC(CCNCC2CCOC2)C1. The summed E-state index contributed by atoms with van der Waals surface area (Å²) in [5.74, 6) is 1.84. The van der Waals surface area contributed by atoms with Gasteiger partial charge in [-0.25, -0.2) is 0 Å². The molecule has 1 N–H and O–H groups in total. The van der Waals surface area contributed by atoms with Crippen LogP contribution in [0, 0.1) is 11.8 Å². The van der Waals surface area contributed by atoms with E-state index < -0.39 is 0 Å². The number of rotatable bonds is 5. The van der Waals surface area contributed by atoms with Gasteiger partial charge in [-0.3, -0.25) is 0 Å². The molecule has 2 aliphatic rings. The number of ether oxygens (including phenoxy) is 1. The van der Waals surface area contributed by atoms with Gasteiger partial charge >= 0.3 is 0 Å². The van der Waals surface area contributed by atoms with Gasteiger partial charge in [-0.15, -0.1) is 0 Å². The predicted molar refractivity (Wildman–Crippen MR) is 53.8 cm³/mol. The summed E-state index contributed by atoms with van der Waals surface area (Å²) in [5.41, 5.74) is 0. The van der Waals surface area contributed by atoms with Gasteiger partial charge in [-0.05, 0) is 31.2 Å². The summed E-state index contributed by atoms with van der Waals surface area (Å²) in [7, 11) is 0. The van der Waals surface area contributed by atoms with E-state index in [0.29, 0.717) is 0 Å². The van der Waals surface area contributed by atoms with Crippen molar-refractivity contribution in [3.05, 3.63) is 0 Å². The maximum Gasteiger partial charge on any atom is 0.0507 e. The van der Waals surface area contributed by atoms with Gasteiger partial charge in [0.25, 0.3) is 0 Å². The van der Waals surface area contributed by atoms with Crippen LogP contribution in [-0.2, 0) is 4.74 Å². The molecule has 2 heteroatoms. The summed E-state index contributed by atoms with van der Waals surface area (Å²) in [6, 6.07) is 0. The molecule has 0 radical (unpaired) electrons. The van der Waals surface area contributed by atoms with Crippen LogP contribution in [0.5, 0.6) is 0 Å². The maximum absolute atomic E-state index is 5.33. The molecule has 0 aromatic rings. The molecule has 0 spiro atoms. The molecule has 2 nitrogen and oxygen atoms in total. The molecular formula is C11H21NO. The Kier molecular flexibility index (Phi) is 3.62. The van der Waals surface area contributed by atoms with Crippen molar-refractivity contribution in [2.24, 2.45) is 11.8 Å². The fourth-order valence-electron chi connectivity index (χ4n) is 2.14. The van der Waals surface area contributed by atoms with Gasteiger partial charge in [0.15, 0.2) is 0 Å². The molecule has 76 valence electrons. The Morgan fingerprint density at radius 2 is 2.08 bits per heavy atom. The highest BCUT2D eigenvalue weighted by molar-refractivity contribution is 4.71. The lowest BCUT2D eigenvalue weighted by molar-refractivity contribution is 0.185. The first kappa shape index (κ1) is 9.47. The summed E-state index contributed by atoms with van der Waals surface area (Å²) in [4.78, 5) is 0. The van der Waals surface area contributed by atoms with Crippen molar-refractivity contribution in [3.63, 3.8) is 0 Å². The molecule has 1 aliphatic heterocycles. The Morgan fingerprint density at radius 1 is 1.15 bits per heavy atom. The number of nitrogens with one attached hydrogen (secondary N) is 1. The van der Waals surface area contributed by atoms with Gasteiger partial charge in [-0.1, -0.05) is 19.3 Å². The Morgan fingerprint density at radius 3 is 2.69 bits per heavy atom. The zero-order valence-electron chi connectivity index (χ0n) is 8.43. The average Bonchev–Trinajstić information content (AvgIpc) is 2.53. The van der Waals surface area contributed by atoms with Crippen molar-refractivity contribution >= 4 is 0 Å². The van der Waals surface area contributed by atoms with E-state index in [-0.39, 0.29) is 0 Å². The van der Waals surface area contributed by atoms with Gasteiger partial charge in [0, 0.05) is 13.2 Å². The highest BCUT2D eigenvalue weighted by Crippen LogP contribution is 2.28. The third-order valence-corrected chi connectivity index (χ3v) is 3.41. The monoisotopic (exact) mass is 183 g/mol. The van der Waals surface area contributed by atoms with E-state index in [4.69, 9.17) is 4.74 Å². The minimum atomic E-state index is 0.793. The van der Waals surface area contributed by atoms with Crippen molar-refractivity contribution in [2.45, 2.75) is 32.1 Å². The minimum absolute atomic E-state index is 0.793. The van der Waals surface area contributed by atoms with Gasteiger partial charge in [0.1, 0.15) is 0 Å². The molecule has 1 atom stereocenters. The molecule has 1 saturated carbocycles. The van der Waals surface area contributed by atoms with E-state index >= 15 is 0 Å². The molecule has 1 unspecified atom stereocenters. The molecule has 0 aromatic carbocycles. The van der Waals surface area contributed by atoms with Crippen molar-refractivity contribution < 1.29 is 4.74 Å². The molecule has 2 rings (SSSR count). The molecule has 0 amide bonds. The average molecular weight is 183 g/mol. The summed E-state index contributed by atoms with van der Waals surface area (Å²) in [6.07, 6.45) is 7.09. The normalized spacial score (nSPS) is 29.1. The van der Waals surface area contributed by atoms with E-state index in [9.17, 15) is 0 Å². The lowest BCUT2D eigenvalue weighted by Crippen LogP contribution is -2.26. The molecule has 13 heavy (non-hydrogen) atoms. The van der Waals surface area contributed by atoms with Crippen LogP contribution >= 0.6 is 0 Å². The Labute approximate surface area is 81.0 Å². The zero-order chi connectivity index (χ0) is 8.93. The van der Waals surface area contributed by atoms with Crippen LogP contribution < -0.4 is 5.32 Å². The fourth-order valence-corrected chi connectivity index (χ4v) is 2.14. The van der Waals surface area contributed by atoms with Crippen LogP contribution in [-0.4, -0.2) is 26.3 Å². The van der Waals surface area contributed by atoms with Crippen LogP contribution in [0.3, 0.4) is 0 Å². The van der Waals surface area contributed by atoms with E-state index in [0.717, 1.165) is 25.0 Å². The van der Waals surface area contributed by atoms with Crippen molar-refractivity contribution in [2.75, 3.05) is 26.3 Å². The van der Waals surface area contributed by atoms with E-state index in [1.54, 1.807) is 0 Å². The van der Waals surface area contributed by atoms with E-state index in [1.165, 1.54) is 45.2 Å². The molecule has 0 aromatic heterocycles. The van der Waals surface area contributed by atoms with Crippen molar-refractivity contribution in [1.82, 2.24) is 5.32 Å². The van der Waals surface area contributed by atoms with Gasteiger partial charge in [0.05, 0.1) is 6.61 Å². The van der Waals surface area contributed by atoms with Gasteiger partial charge in [0.2, 0.25) is 0 Å². The van der Waals surface area contributed by atoms with Gasteiger partial charge in [-0.2, -0.15) is 0 Å². The van der Waals surface area contributed by atoms with Crippen LogP contribution in [0.25, 0.3) is 0 Å². The summed E-state index contributed by atoms with van der Waals surface area (Å²) >= 11 is 0. The fraction of sp³-hybridized carbons (Fsp3) is 1.00. The molecule has 0 bridgehead atoms. The first-order valence-corrected chi connectivity index (χ1v) is 5.73. The van der Waals surface area contributed by atoms with E-state index in [1.807, 2.05) is 0 Å². The summed E-state index contributed by atoms with van der Waals surface area (Å²) < 4.78 is 5.33. The third-order valence-electron chi connectivity index (χ3n) is 3.41. The third kappa shape index (κ3) is 2.96. The maximum atomic E-state index is 5.33. The number of hydrogen-bond acceptors (Lipinski definition) is 2. The standard InChI is InChI=1S/C11H21NO/c1-2-10(3-1)4-6-12-8-11-5-7-13-9-11/h10-12H,1-9H2. The smallest absolute Gasteiger partial charge is 0.0507 e. The lowest BCUT2D eigenvalue weighted by atomic mass is 9.83. The Hall–Kier alpha value is -0.0800. The van der Waals surface area contributed by atoms with Crippen LogP contribution in [0.1, 0.15) is 32.1 Å². The van der Waals surface area contributed by atoms with Crippen molar-refractivity contribution in [1.29, 1.82) is 0 Å². The molecule has 2 fully saturated rings. The number of hydrogen-bond donors (Lipinski definition) is 1. The van der Waals surface area contributed by atoms with Crippen molar-refractivity contribution in [3.8, 4) is 0 Å². The molecule has 1 heterocycles. The first-order chi connectivity index (χ1) is 6.45. The van der Waals surface area contributed by atoms with Crippen LogP contribution in [0.15, 0.2) is 0 Å². The zero-order valence-corrected chi connectivity index (χ0v) is 8.43. The molecular weight excluding hydrogens is 162 g/mol. The quantitative estimate of drug-likeness (QED) is 0.656. The highest BCUT2D eigenvalue weighted by Gasteiger charge is 2.17. The predicted octanol–water partition coefficient (Wildman–Crippen LogP) is 1.80. The van der Waals surface area contributed by atoms with E-state index in [2.05, 4.69) is 5.32 Å². The summed E-state index contributed by atoms with van der Waals surface area (Å²) in [6.45, 7) is 4.36. The van der Waals surface area contributed by atoms with Crippen LogP contribution in [0.2, 0.25) is 0 Å². The second kappa shape index (κ2) is 4.97. The molecule has 1 saturated heterocycles. The highest BCUT2D eigenvalue weighted by atomic mass is 16.5. The lowest BCUT2D eigenvalue weighted by Gasteiger charge is -2.25. The second-order valence-electron chi connectivity index (χ2n) is 4.52. The summed E-state index contributed by atoms with van der Waals surface area (Å²) in [5, 5.41) is 3.55.